The second-order valence-corrected chi connectivity index (χ2v) is 14.2. The van der Waals surface area contributed by atoms with Gasteiger partial charge in [-0.1, -0.05) is 143 Å². The van der Waals surface area contributed by atoms with Gasteiger partial charge in [-0.05, 0) is 107 Å². The van der Waals surface area contributed by atoms with Crippen LogP contribution in [0.15, 0.2) is 173 Å². The maximum atomic E-state index is 6.24. The van der Waals surface area contributed by atoms with Gasteiger partial charge >= 0.3 is 0 Å². The molecule has 2 heteroatoms. The number of allylic oxidation sites excluding steroid dienone is 11. The largest absolute Gasteiger partial charge is 0.456 e. The van der Waals surface area contributed by atoms with E-state index in [1.807, 2.05) is 0 Å². The molecule has 0 bridgehead atoms. The Bertz CT molecular complexity index is 2260. The van der Waals surface area contributed by atoms with Gasteiger partial charge in [0, 0.05) is 34.3 Å². The van der Waals surface area contributed by atoms with Gasteiger partial charge < -0.3 is 9.32 Å². The summed E-state index contributed by atoms with van der Waals surface area (Å²) in [5, 5.41) is 1.20. The van der Waals surface area contributed by atoms with Crippen molar-refractivity contribution in [2.24, 2.45) is 5.92 Å². The minimum absolute atomic E-state index is 0.0830. The first-order chi connectivity index (χ1) is 24.8. The summed E-state index contributed by atoms with van der Waals surface area (Å²) in [5.41, 5.74) is 14.3. The normalized spacial score (nSPS) is 18.3. The third-order valence-electron chi connectivity index (χ3n) is 10.5. The van der Waals surface area contributed by atoms with E-state index in [2.05, 4.69) is 198 Å². The molecule has 4 aromatic carbocycles. The second kappa shape index (κ2) is 14.3. The smallest absolute Gasteiger partial charge is 0.135 e. The molecular formula is C49H47NO. The first-order valence-corrected chi connectivity index (χ1v) is 18.1. The molecule has 1 aromatic heterocycles. The summed E-state index contributed by atoms with van der Waals surface area (Å²) in [6.45, 7) is 16.3. The zero-order valence-corrected chi connectivity index (χ0v) is 30.5. The standard InChI is InChI=1S/C49H47NO/c1-7-36(35(4)32-46-41(8-2)42-20-14-15-21-45(42)49(46,5)6)17-13-10-16-30-50(39-25-23-38(24-26-39)37-18-11-9-12-19-37)40-27-29-48-44(33-40)43-31-34(3)22-28-47(43)51-48/h7-29,32-34H,4,30-31H2,1-3,5-6H3/b16-10+,17-13-,36-7+,41-8-,46-32+. The van der Waals surface area contributed by atoms with Gasteiger partial charge in [-0.15, -0.1) is 0 Å². The molecule has 0 aliphatic heterocycles. The highest BCUT2D eigenvalue weighted by molar-refractivity contribution is 5.91. The Kier molecular flexibility index (Phi) is 9.52. The van der Waals surface area contributed by atoms with Crippen molar-refractivity contribution in [3.05, 3.63) is 191 Å². The molecule has 1 heterocycles. The van der Waals surface area contributed by atoms with Crippen molar-refractivity contribution in [1.29, 1.82) is 0 Å². The fraction of sp³-hybridized carbons (Fsp3) is 0.184. The monoisotopic (exact) mass is 665 g/mol. The zero-order chi connectivity index (χ0) is 35.5. The van der Waals surface area contributed by atoms with Gasteiger partial charge in [-0.2, -0.15) is 0 Å². The van der Waals surface area contributed by atoms with E-state index in [9.17, 15) is 0 Å². The van der Waals surface area contributed by atoms with Crippen LogP contribution in [0.2, 0.25) is 0 Å². The molecule has 0 saturated carbocycles. The molecule has 0 amide bonds. The molecule has 7 rings (SSSR count). The molecule has 0 radical (unpaired) electrons. The lowest BCUT2D eigenvalue weighted by Gasteiger charge is -2.24. The quantitative estimate of drug-likeness (QED) is 0.146. The predicted molar refractivity (Wildman–Crippen MR) is 219 cm³/mol. The van der Waals surface area contributed by atoms with E-state index < -0.39 is 0 Å². The van der Waals surface area contributed by atoms with Gasteiger partial charge in [0.25, 0.3) is 0 Å². The third kappa shape index (κ3) is 6.67. The molecule has 0 N–H and O–H groups in total. The van der Waals surface area contributed by atoms with E-state index in [-0.39, 0.29) is 5.41 Å². The summed E-state index contributed by atoms with van der Waals surface area (Å²) < 4.78 is 6.24. The zero-order valence-electron chi connectivity index (χ0n) is 30.5. The third-order valence-corrected chi connectivity index (χ3v) is 10.5. The van der Waals surface area contributed by atoms with Gasteiger partial charge in [0.2, 0.25) is 0 Å². The molecule has 0 fully saturated rings. The highest BCUT2D eigenvalue weighted by Crippen LogP contribution is 2.50. The first kappa shape index (κ1) is 33.9. The van der Waals surface area contributed by atoms with Crippen molar-refractivity contribution in [1.82, 2.24) is 0 Å². The molecule has 51 heavy (non-hydrogen) atoms. The number of benzene rings is 4. The number of furan rings is 1. The summed E-state index contributed by atoms with van der Waals surface area (Å²) in [4.78, 5) is 2.37. The summed E-state index contributed by atoms with van der Waals surface area (Å²) in [7, 11) is 0. The van der Waals surface area contributed by atoms with Crippen molar-refractivity contribution < 1.29 is 4.42 Å². The molecule has 2 aliphatic carbocycles. The molecule has 1 unspecified atom stereocenters. The minimum atomic E-state index is -0.0830. The Morgan fingerprint density at radius 3 is 2.37 bits per heavy atom. The van der Waals surface area contributed by atoms with Crippen LogP contribution in [0.4, 0.5) is 11.4 Å². The molecule has 0 spiro atoms. The first-order valence-electron chi connectivity index (χ1n) is 18.1. The number of anilines is 2. The van der Waals surface area contributed by atoms with Crippen LogP contribution < -0.4 is 4.90 Å². The number of hydrogen-bond donors (Lipinski definition) is 0. The number of fused-ring (bicyclic) bond motifs is 4. The summed E-state index contributed by atoms with van der Waals surface area (Å²) in [6, 6.07) is 34.8. The van der Waals surface area contributed by atoms with Crippen LogP contribution in [0.1, 0.15) is 57.1 Å². The molecule has 254 valence electrons. The second-order valence-electron chi connectivity index (χ2n) is 14.2. The van der Waals surface area contributed by atoms with E-state index >= 15 is 0 Å². The van der Waals surface area contributed by atoms with Crippen LogP contribution in [0, 0.1) is 5.92 Å². The predicted octanol–water partition coefficient (Wildman–Crippen LogP) is 13.4. The van der Waals surface area contributed by atoms with Crippen molar-refractivity contribution in [2.45, 2.75) is 46.5 Å². The minimum Gasteiger partial charge on any atom is -0.456 e. The van der Waals surface area contributed by atoms with Crippen LogP contribution in [0.3, 0.4) is 0 Å². The van der Waals surface area contributed by atoms with Crippen LogP contribution >= 0.6 is 0 Å². The molecular weight excluding hydrogens is 619 g/mol. The van der Waals surface area contributed by atoms with Gasteiger partial charge in [-0.25, -0.2) is 0 Å². The average Bonchev–Trinajstić information content (AvgIpc) is 3.62. The van der Waals surface area contributed by atoms with Crippen LogP contribution in [-0.4, -0.2) is 6.54 Å². The molecule has 5 aromatic rings. The van der Waals surface area contributed by atoms with Crippen molar-refractivity contribution in [2.75, 3.05) is 11.4 Å². The highest BCUT2D eigenvalue weighted by Gasteiger charge is 2.37. The molecule has 1 atom stereocenters. The molecule has 2 nitrogen and oxygen atoms in total. The van der Waals surface area contributed by atoms with Crippen molar-refractivity contribution in [3.63, 3.8) is 0 Å². The SMILES string of the molecule is C=C(/C=C1\C(=C/C)c2ccccc2C1(C)C)C(/C=C\C=C\CN(c1ccc(-c2ccccc2)cc1)c1ccc2oc3c(c2c1)CC(C)C=C3)=C/C. The van der Waals surface area contributed by atoms with Gasteiger partial charge in [0.15, 0.2) is 0 Å². The number of nitrogens with zero attached hydrogens (tertiary/aromatic N) is 1. The Hall–Kier alpha value is -5.60. The Morgan fingerprint density at radius 1 is 0.882 bits per heavy atom. The fourth-order valence-electron chi connectivity index (χ4n) is 7.64. The Labute approximate surface area is 303 Å². The van der Waals surface area contributed by atoms with E-state index in [4.69, 9.17) is 4.42 Å². The number of hydrogen-bond acceptors (Lipinski definition) is 2. The average molecular weight is 666 g/mol. The van der Waals surface area contributed by atoms with Crippen LogP contribution in [-0.2, 0) is 11.8 Å². The Balaban J connectivity index is 1.14. The van der Waals surface area contributed by atoms with Crippen molar-refractivity contribution >= 4 is 34.0 Å². The molecule has 2 aliphatic rings. The summed E-state index contributed by atoms with van der Waals surface area (Å²) in [5.74, 6) is 1.49. The molecule has 0 saturated heterocycles. The fourth-order valence-corrected chi connectivity index (χ4v) is 7.64. The maximum absolute atomic E-state index is 6.24. The maximum Gasteiger partial charge on any atom is 0.135 e. The highest BCUT2D eigenvalue weighted by atomic mass is 16.3. The Morgan fingerprint density at radius 2 is 1.61 bits per heavy atom. The van der Waals surface area contributed by atoms with Crippen LogP contribution in [0.5, 0.6) is 0 Å². The summed E-state index contributed by atoms with van der Waals surface area (Å²) in [6.07, 6.45) is 20.7. The topological polar surface area (TPSA) is 16.4 Å². The van der Waals surface area contributed by atoms with Gasteiger partial charge in [0.05, 0.1) is 0 Å². The van der Waals surface area contributed by atoms with E-state index in [0.29, 0.717) is 12.5 Å². The summed E-state index contributed by atoms with van der Waals surface area (Å²) >= 11 is 0. The van der Waals surface area contributed by atoms with Crippen molar-refractivity contribution in [3.8, 4) is 11.1 Å². The van der Waals surface area contributed by atoms with Crippen LogP contribution in [0.25, 0.3) is 33.7 Å². The lowest BCUT2D eigenvalue weighted by atomic mass is 9.81. The van der Waals surface area contributed by atoms with E-state index in [1.54, 1.807) is 0 Å². The van der Waals surface area contributed by atoms with E-state index in [0.717, 1.165) is 40.3 Å². The number of rotatable bonds is 9. The van der Waals surface area contributed by atoms with Gasteiger partial charge in [0.1, 0.15) is 11.3 Å². The lowest BCUT2D eigenvalue weighted by molar-refractivity contribution is 0.584. The lowest BCUT2D eigenvalue weighted by Crippen LogP contribution is -2.16. The van der Waals surface area contributed by atoms with Gasteiger partial charge in [-0.3, -0.25) is 0 Å². The van der Waals surface area contributed by atoms with E-state index in [1.165, 1.54) is 44.3 Å².